The molecule has 3 saturated heterocycles. The van der Waals surface area contributed by atoms with Gasteiger partial charge in [0.05, 0.1) is 38.6 Å². The minimum absolute atomic E-state index is 0.243. The number of hydrogen-bond donors (Lipinski definition) is 12. The smallest absolute Gasteiger partial charge is 0.220 e. The lowest BCUT2D eigenvalue weighted by Crippen LogP contribution is -2.66. The number of unbranched alkanes of at least 4 members (excludes halogenated alkanes) is 42. The highest BCUT2D eigenvalue weighted by atomic mass is 16.8. The average molecular weight is 1360 g/mol. The summed E-state index contributed by atoms with van der Waals surface area (Å²) in [6, 6.07) is -0.890. The first-order chi connectivity index (χ1) is 46.3. The predicted octanol–water partition coefficient (Wildman–Crippen LogP) is 12.2. The van der Waals surface area contributed by atoms with Gasteiger partial charge in [-0.05, 0) is 44.9 Å². The number of carbonyl (C=O) groups is 1. The van der Waals surface area contributed by atoms with Crippen LogP contribution in [0.5, 0.6) is 0 Å². The van der Waals surface area contributed by atoms with Gasteiger partial charge in [-0.2, -0.15) is 0 Å². The number of aliphatic hydroxyl groups excluding tert-OH is 11. The summed E-state index contributed by atoms with van der Waals surface area (Å²) in [6.45, 7) is 1.82. The van der Waals surface area contributed by atoms with Crippen molar-refractivity contribution in [1.29, 1.82) is 0 Å². The molecule has 0 aromatic rings. The Kier molecular flexibility index (Phi) is 53.3. The van der Waals surface area contributed by atoms with Crippen LogP contribution >= 0.6 is 0 Å². The van der Waals surface area contributed by atoms with Crippen molar-refractivity contribution < 1.29 is 89.4 Å². The zero-order valence-electron chi connectivity index (χ0n) is 59.7. The molecule has 95 heavy (non-hydrogen) atoms. The van der Waals surface area contributed by atoms with Gasteiger partial charge in [-0.1, -0.05) is 295 Å². The zero-order chi connectivity index (χ0) is 68.9. The molecule has 0 aromatic carbocycles. The van der Waals surface area contributed by atoms with Crippen molar-refractivity contribution >= 4 is 5.91 Å². The van der Waals surface area contributed by atoms with Gasteiger partial charge in [0.15, 0.2) is 18.9 Å². The first kappa shape index (κ1) is 87.5. The molecule has 0 saturated carbocycles. The van der Waals surface area contributed by atoms with Crippen molar-refractivity contribution in [3.8, 4) is 0 Å². The fourth-order valence-electron chi connectivity index (χ4n) is 13.5. The Morgan fingerprint density at radius 2 is 0.695 bits per heavy atom. The minimum Gasteiger partial charge on any atom is -0.394 e. The van der Waals surface area contributed by atoms with Gasteiger partial charge in [-0.25, -0.2) is 0 Å². The van der Waals surface area contributed by atoms with E-state index in [-0.39, 0.29) is 18.9 Å². The molecule has 0 bridgehead atoms. The van der Waals surface area contributed by atoms with Gasteiger partial charge in [-0.15, -0.1) is 0 Å². The summed E-state index contributed by atoms with van der Waals surface area (Å²) in [6.07, 6.45) is 41.2. The van der Waals surface area contributed by atoms with Gasteiger partial charge in [-0.3, -0.25) is 4.79 Å². The number of nitrogens with one attached hydrogen (secondary N) is 1. The molecule has 0 aliphatic carbocycles. The number of hydrogen-bond acceptors (Lipinski definition) is 18. The quantitative estimate of drug-likeness (QED) is 0.0199. The fourth-order valence-corrected chi connectivity index (χ4v) is 13.5. The third kappa shape index (κ3) is 38.8. The highest BCUT2D eigenvalue weighted by Crippen LogP contribution is 2.33. The molecule has 3 heterocycles. The number of carbonyl (C=O) groups excluding carboxylic acids is 1. The van der Waals surface area contributed by atoms with Gasteiger partial charge < -0.3 is 89.9 Å². The molecular weight excluding hydrogens is 1210 g/mol. The molecule has 12 N–H and O–H groups in total. The summed E-state index contributed by atoms with van der Waals surface area (Å²) in [4.78, 5) is 13.5. The Morgan fingerprint density at radius 3 is 1.09 bits per heavy atom. The Labute approximate surface area is 575 Å². The molecule has 0 spiro atoms. The summed E-state index contributed by atoms with van der Waals surface area (Å²) in [5, 5.41) is 121. The van der Waals surface area contributed by atoms with Gasteiger partial charge in [0.2, 0.25) is 5.91 Å². The monoisotopic (exact) mass is 1360 g/mol. The largest absolute Gasteiger partial charge is 0.394 e. The van der Waals surface area contributed by atoms with Crippen LogP contribution in [0.25, 0.3) is 0 Å². The Hall–Kier alpha value is -1.73. The van der Waals surface area contributed by atoms with Crippen LogP contribution in [-0.4, -0.2) is 193 Å². The summed E-state index contributed by atoms with van der Waals surface area (Å²) in [5.41, 5.74) is 0. The zero-order valence-corrected chi connectivity index (χ0v) is 59.7. The van der Waals surface area contributed by atoms with E-state index in [9.17, 15) is 61.0 Å². The van der Waals surface area contributed by atoms with E-state index in [0.717, 1.165) is 57.8 Å². The van der Waals surface area contributed by atoms with Gasteiger partial charge in [0.25, 0.3) is 0 Å². The Morgan fingerprint density at radius 1 is 0.379 bits per heavy atom. The van der Waals surface area contributed by atoms with E-state index >= 15 is 0 Å². The first-order valence-electron chi connectivity index (χ1n) is 39.1. The first-order valence-corrected chi connectivity index (χ1v) is 39.1. The van der Waals surface area contributed by atoms with Crippen molar-refractivity contribution in [3.05, 3.63) is 24.3 Å². The molecule has 19 heteroatoms. The van der Waals surface area contributed by atoms with Crippen LogP contribution in [0.2, 0.25) is 0 Å². The Balaban J connectivity index is 1.36. The lowest BCUT2D eigenvalue weighted by atomic mass is 9.96. The van der Waals surface area contributed by atoms with Crippen LogP contribution in [0.1, 0.15) is 322 Å². The average Bonchev–Trinajstić information content (AvgIpc) is 0.787. The molecule has 1 amide bonds. The number of rotatable bonds is 62. The van der Waals surface area contributed by atoms with E-state index in [4.69, 9.17) is 28.4 Å². The molecule has 3 aliphatic heterocycles. The third-order valence-corrected chi connectivity index (χ3v) is 19.8. The maximum absolute atomic E-state index is 13.5. The van der Waals surface area contributed by atoms with Crippen LogP contribution in [0.4, 0.5) is 0 Å². The number of amides is 1. The van der Waals surface area contributed by atoms with E-state index in [1.165, 1.54) is 231 Å². The van der Waals surface area contributed by atoms with E-state index < -0.39 is 124 Å². The molecule has 0 aromatic heterocycles. The highest BCUT2D eigenvalue weighted by Gasteiger charge is 2.54. The number of ether oxygens (including phenoxy) is 6. The molecule has 0 radical (unpaired) electrons. The second-order valence-corrected chi connectivity index (χ2v) is 28.2. The molecule has 3 fully saturated rings. The van der Waals surface area contributed by atoms with Gasteiger partial charge in [0.1, 0.15) is 73.2 Å². The van der Waals surface area contributed by atoms with Crippen molar-refractivity contribution in [2.24, 2.45) is 0 Å². The van der Waals surface area contributed by atoms with Crippen molar-refractivity contribution in [1.82, 2.24) is 5.32 Å². The van der Waals surface area contributed by atoms with E-state index in [1.807, 2.05) is 0 Å². The van der Waals surface area contributed by atoms with Crippen LogP contribution in [-0.2, 0) is 33.2 Å². The second-order valence-electron chi connectivity index (χ2n) is 28.2. The van der Waals surface area contributed by atoms with Crippen LogP contribution in [0.15, 0.2) is 24.3 Å². The number of aliphatic hydroxyl groups is 11. The molecule has 560 valence electrons. The third-order valence-electron chi connectivity index (χ3n) is 19.8. The predicted molar refractivity (Wildman–Crippen MR) is 374 cm³/mol. The SMILES string of the molecule is CCCCC/C=C\C/C=C\CCCCCCCCCCCC(=O)NC(COC1OC(CO)C(OC2OC(CO)C(OC3OC(CO)C(O)C(O)C3O)C(O)C2O)C(O)C1O)C(O)CCCCCCCCCCCCCCCCCCCCCCCCCCCCCCCCC. The lowest BCUT2D eigenvalue weighted by Gasteiger charge is -2.48. The van der Waals surface area contributed by atoms with Crippen LogP contribution in [0, 0.1) is 0 Å². The van der Waals surface area contributed by atoms with E-state index in [1.54, 1.807) is 0 Å². The molecule has 17 unspecified atom stereocenters. The van der Waals surface area contributed by atoms with Crippen molar-refractivity contribution in [2.45, 2.75) is 426 Å². The molecular formula is C76H143NO18. The lowest BCUT2D eigenvalue weighted by molar-refractivity contribution is -0.379. The van der Waals surface area contributed by atoms with Crippen LogP contribution < -0.4 is 5.32 Å². The highest BCUT2D eigenvalue weighted by molar-refractivity contribution is 5.76. The van der Waals surface area contributed by atoms with E-state index in [0.29, 0.717) is 12.8 Å². The van der Waals surface area contributed by atoms with Crippen molar-refractivity contribution in [3.63, 3.8) is 0 Å². The van der Waals surface area contributed by atoms with Gasteiger partial charge >= 0.3 is 0 Å². The molecule has 3 rings (SSSR count). The standard InChI is InChI=1S/C76H143NO18/c1-3-5-7-9-11-13-15-17-19-21-23-24-25-26-27-28-29-30-31-32-33-34-36-37-39-41-43-45-47-49-51-53-60(81)59(77-64(82)54-52-50-48-46-44-42-40-38-35-22-20-18-16-14-12-10-8-6-4-2)58-90-74-70(88)67(85)72(62(56-79)92-74)95-76-71(89)68(86)73(63(57-80)93-76)94-75-69(87)66(84)65(83)61(55-78)91-75/h12,14,18,20,59-63,65-76,78-81,83-89H,3-11,13,15-17,19,21-58H2,1-2H3,(H,77,82)/b14-12-,20-18-. The number of allylic oxidation sites excluding steroid dienone is 4. The normalized spacial score (nSPS) is 27.3. The minimum atomic E-state index is -1.97. The molecule has 19 nitrogen and oxygen atoms in total. The summed E-state index contributed by atoms with van der Waals surface area (Å²) in [5.74, 6) is -0.243. The maximum Gasteiger partial charge on any atom is 0.220 e. The molecule has 17 atom stereocenters. The maximum atomic E-state index is 13.5. The van der Waals surface area contributed by atoms with Crippen LogP contribution in [0.3, 0.4) is 0 Å². The summed E-state index contributed by atoms with van der Waals surface area (Å²) < 4.78 is 34.5. The summed E-state index contributed by atoms with van der Waals surface area (Å²) in [7, 11) is 0. The molecule has 3 aliphatic rings. The topological polar surface area (TPSA) is 307 Å². The fraction of sp³-hybridized carbons (Fsp3) is 0.934. The Bertz CT molecular complexity index is 1810. The van der Waals surface area contributed by atoms with Gasteiger partial charge in [0, 0.05) is 6.42 Å². The van der Waals surface area contributed by atoms with E-state index in [2.05, 4.69) is 43.5 Å². The van der Waals surface area contributed by atoms with Crippen molar-refractivity contribution in [2.75, 3.05) is 26.4 Å². The second kappa shape index (κ2) is 57.8. The summed E-state index contributed by atoms with van der Waals surface area (Å²) >= 11 is 0.